The first-order chi connectivity index (χ1) is 7.13. The standard InChI is InChI=1S/C9H9F2N3O/c1-15-9-7(4-13)6(8(10)11)2-5(3-12)14-9/h2,8H,3,12H2,1H3. The first-order valence-corrected chi connectivity index (χ1v) is 4.10. The van der Waals surface area contributed by atoms with Crippen molar-refractivity contribution >= 4 is 0 Å². The quantitative estimate of drug-likeness (QED) is 0.822. The molecule has 1 aromatic rings. The summed E-state index contributed by atoms with van der Waals surface area (Å²) in [6.45, 7) is 0.0157. The molecular weight excluding hydrogens is 204 g/mol. The molecule has 0 saturated heterocycles. The molecule has 1 heterocycles. The predicted molar refractivity (Wildman–Crippen MR) is 48.4 cm³/mol. The number of alkyl halides is 2. The monoisotopic (exact) mass is 213 g/mol. The van der Waals surface area contributed by atoms with Crippen molar-refractivity contribution in [2.75, 3.05) is 7.11 Å². The van der Waals surface area contributed by atoms with E-state index >= 15 is 0 Å². The molecule has 1 aromatic heterocycles. The molecule has 0 spiro atoms. The highest BCUT2D eigenvalue weighted by Gasteiger charge is 2.19. The Morgan fingerprint density at radius 1 is 1.67 bits per heavy atom. The van der Waals surface area contributed by atoms with Crippen LogP contribution in [0.4, 0.5) is 8.78 Å². The van der Waals surface area contributed by atoms with Crippen LogP contribution >= 0.6 is 0 Å². The summed E-state index contributed by atoms with van der Waals surface area (Å²) in [6.07, 6.45) is -2.75. The Balaban J connectivity index is 3.41. The van der Waals surface area contributed by atoms with Crippen LogP contribution in [0.2, 0.25) is 0 Å². The van der Waals surface area contributed by atoms with Crippen molar-refractivity contribution in [2.24, 2.45) is 5.73 Å². The first kappa shape index (κ1) is 11.3. The van der Waals surface area contributed by atoms with Crippen LogP contribution in [-0.2, 0) is 6.54 Å². The minimum atomic E-state index is -2.75. The lowest BCUT2D eigenvalue weighted by Gasteiger charge is -2.09. The van der Waals surface area contributed by atoms with Gasteiger partial charge in [-0.05, 0) is 6.07 Å². The fourth-order valence-corrected chi connectivity index (χ4v) is 1.13. The molecule has 0 aromatic carbocycles. The van der Waals surface area contributed by atoms with Gasteiger partial charge >= 0.3 is 0 Å². The van der Waals surface area contributed by atoms with Gasteiger partial charge in [-0.15, -0.1) is 0 Å². The van der Waals surface area contributed by atoms with Crippen LogP contribution < -0.4 is 10.5 Å². The number of nitriles is 1. The molecule has 4 nitrogen and oxygen atoms in total. The Morgan fingerprint density at radius 2 is 2.33 bits per heavy atom. The van der Waals surface area contributed by atoms with Crippen LogP contribution in [0.5, 0.6) is 5.88 Å². The summed E-state index contributed by atoms with van der Waals surface area (Å²) in [7, 11) is 1.26. The zero-order valence-corrected chi connectivity index (χ0v) is 8.00. The number of methoxy groups -OCH3 is 1. The molecule has 0 amide bonds. The average Bonchev–Trinajstić information content (AvgIpc) is 2.26. The lowest BCUT2D eigenvalue weighted by Crippen LogP contribution is -2.06. The van der Waals surface area contributed by atoms with Gasteiger partial charge in [-0.1, -0.05) is 0 Å². The number of rotatable bonds is 3. The Kier molecular flexibility index (Phi) is 3.52. The van der Waals surface area contributed by atoms with Gasteiger partial charge in [0.15, 0.2) is 0 Å². The molecule has 0 aliphatic carbocycles. The maximum absolute atomic E-state index is 12.6. The van der Waals surface area contributed by atoms with E-state index < -0.39 is 12.0 Å². The summed E-state index contributed by atoms with van der Waals surface area (Å²) in [4.78, 5) is 3.82. The summed E-state index contributed by atoms with van der Waals surface area (Å²) in [5, 5.41) is 8.71. The number of nitrogens with two attached hydrogens (primary N) is 1. The highest BCUT2D eigenvalue weighted by molar-refractivity contribution is 5.46. The fraction of sp³-hybridized carbons (Fsp3) is 0.333. The molecule has 2 N–H and O–H groups in total. The normalized spacial score (nSPS) is 10.1. The van der Waals surface area contributed by atoms with Crippen molar-refractivity contribution in [1.82, 2.24) is 4.98 Å². The summed E-state index contributed by atoms with van der Waals surface area (Å²) in [5.41, 5.74) is 4.91. The molecule has 0 saturated carbocycles. The number of nitrogens with zero attached hydrogens (tertiary/aromatic N) is 2. The van der Waals surface area contributed by atoms with Gasteiger partial charge in [-0.2, -0.15) is 5.26 Å². The van der Waals surface area contributed by atoms with Gasteiger partial charge in [0.25, 0.3) is 6.43 Å². The van der Waals surface area contributed by atoms with Gasteiger partial charge < -0.3 is 10.5 Å². The van der Waals surface area contributed by atoms with E-state index in [0.29, 0.717) is 0 Å². The summed E-state index contributed by atoms with van der Waals surface area (Å²) in [5.74, 6) is -0.115. The van der Waals surface area contributed by atoms with Gasteiger partial charge in [0.05, 0.1) is 12.8 Å². The highest BCUT2D eigenvalue weighted by Crippen LogP contribution is 2.28. The van der Waals surface area contributed by atoms with Crippen LogP contribution in [0.3, 0.4) is 0 Å². The van der Waals surface area contributed by atoms with E-state index in [1.165, 1.54) is 7.11 Å². The van der Waals surface area contributed by atoms with Crippen LogP contribution in [0.15, 0.2) is 6.07 Å². The molecular formula is C9H9F2N3O. The Bertz CT molecular complexity index is 401. The number of aromatic nitrogens is 1. The molecule has 15 heavy (non-hydrogen) atoms. The molecule has 0 unspecified atom stereocenters. The van der Waals surface area contributed by atoms with Crippen molar-refractivity contribution < 1.29 is 13.5 Å². The third kappa shape index (κ3) is 2.19. The number of ether oxygens (including phenoxy) is 1. The van der Waals surface area contributed by atoms with E-state index in [1.54, 1.807) is 6.07 Å². The first-order valence-electron chi connectivity index (χ1n) is 4.10. The molecule has 80 valence electrons. The van der Waals surface area contributed by atoms with Crippen molar-refractivity contribution in [3.05, 3.63) is 22.9 Å². The molecule has 0 radical (unpaired) electrons. The van der Waals surface area contributed by atoms with Crippen molar-refractivity contribution in [3.8, 4) is 11.9 Å². The molecule has 0 bridgehead atoms. The van der Waals surface area contributed by atoms with Gasteiger partial charge in [0.1, 0.15) is 11.6 Å². The highest BCUT2D eigenvalue weighted by atomic mass is 19.3. The van der Waals surface area contributed by atoms with Crippen LogP contribution in [0.25, 0.3) is 0 Å². The number of hydrogen-bond donors (Lipinski definition) is 1. The Labute approximate surface area is 85.3 Å². The van der Waals surface area contributed by atoms with E-state index in [0.717, 1.165) is 6.07 Å². The van der Waals surface area contributed by atoms with Crippen molar-refractivity contribution in [3.63, 3.8) is 0 Å². The molecule has 0 aliphatic rings. The van der Waals surface area contributed by atoms with Crippen LogP contribution in [0, 0.1) is 11.3 Å². The van der Waals surface area contributed by atoms with Gasteiger partial charge in [0, 0.05) is 12.1 Å². The van der Waals surface area contributed by atoms with E-state index in [9.17, 15) is 8.78 Å². The van der Waals surface area contributed by atoms with Gasteiger partial charge in [0.2, 0.25) is 5.88 Å². The third-order valence-electron chi connectivity index (χ3n) is 1.82. The molecule has 0 aliphatic heterocycles. The minimum Gasteiger partial charge on any atom is -0.480 e. The average molecular weight is 213 g/mol. The number of pyridine rings is 1. The molecule has 0 atom stereocenters. The van der Waals surface area contributed by atoms with E-state index in [-0.39, 0.29) is 23.7 Å². The zero-order valence-electron chi connectivity index (χ0n) is 8.00. The van der Waals surface area contributed by atoms with Gasteiger partial charge in [-0.25, -0.2) is 13.8 Å². The molecule has 0 fully saturated rings. The third-order valence-corrected chi connectivity index (χ3v) is 1.82. The van der Waals surface area contributed by atoms with Crippen LogP contribution in [0.1, 0.15) is 23.2 Å². The van der Waals surface area contributed by atoms with Crippen molar-refractivity contribution in [1.29, 1.82) is 5.26 Å². The lowest BCUT2D eigenvalue weighted by atomic mass is 10.1. The predicted octanol–water partition coefficient (Wildman–Crippen LogP) is 1.36. The second-order valence-corrected chi connectivity index (χ2v) is 2.70. The van der Waals surface area contributed by atoms with Crippen molar-refractivity contribution in [2.45, 2.75) is 13.0 Å². The number of halogens is 2. The topological polar surface area (TPSA) is 71.9 Å². The Hall–Kier alpha value is -1.74. The summed E-state index contributed by atoms with van der Waals surface area (Å²) < 4.78 is 29.9. The molecule has 6 heteroatoms. The van der Waals surface area contributed by atoms with E-state index in [2.05, 4.69) is 4.98 Å². The maximum Gasteiger partial charge on any atom is 0.265 e. The second kappa shape index (κ2) is 4.66. The van der Waals surface area contributed by atoms with Gasteiger partial charge in [-0.3, -0.25) is 0 Å². The number of hydrogen-bond acceptors (Lipinski definition) is 4. The molecule has 1 rings (SSSR count). The van der Waals surface area contributed by atoms with E-state index in [4.69, 9.17) is 15.7 Å². The maximum atomic E-state index is 12.6. The lowest BCUT2D eigenvalue weighted by molar-refractivity contribution is 0.150. The minimum absolute atomic E-state index is 0.0157. The smallest absolute Gasteiger partial charge is 0.265 e. The summed E-state index contributed by atoms with van der Waals surface area (Å²) in [6, 6.07) is 2.76. The fourth-order valence-electron chi connectivity index (χ4n) is 1.13. The summed E-state index contributed by atoms with van der Waals surface area (Å²) >= 11 is 0. The van der Waals surface area contributed by atoms with E-state index in [1.807, 2.05) is 0 Å². The largest absolute Gasteiger partial charge is 0.480 e. The Morgan fingerprint density at radius 3 is 2.73 bits per heavy atom. The SMILES string of the molecule is COc1nc(CN)cc(C(F)F)c1C#N. The second-order valence-electron chi connectivity index (χ2n) is 2.70. The van der Waals surface area contributed by atoms with Crippen LogP contribution in [-0.4, -0.2) is 12.1 Å². The zero-order chi connectivity index (χ0) is 11.4.